The highest BCUT2D eigenvalue weighted by molar-refractivity contribution is 6.00. The van der Waals surface area contributed by atoms with Crippen LogP contribution in [0.25, 0.3) is 33.3 Å². The minimum absolute atomic E-state index is 0.211. The van der Waals surface area contributed by atoms with E-state index in [4.69, 9.17) is 4.98 Å². The average Bonchev–Trinajstić information content (AvgIpc) is 3.56. The van der Waals surface area contributed by atoms with Crippen molar-refractivity contribution in [3.63, 3.8) is 0 Å². The molecule has 8 heteroatoms. The molecule has 1 saturated carbocycles. The molecule has 4 fully saturated rings. The number of piperidine rings is 3. The zero-order chi connectivity index (χ0) is 22.8. The van der Waals surface area contributed by atoms with E-state index in [-0.39, 0.29) is 17.4 Å². The standard InChI is InChI=1S/C26H27FN6O/c27-17-11-16-20(12-21(17)28-15-5-6-15)32-26(34)23(25-30-18-3-1-2-4-19(18)31-25)24(16)29-22-13-33-9-7-14(22)8-10-33/h1-4,11-12,14-15,22,28H,5-10,13H2,(H,30,31)(H2,29,32,34)/t22-/m1/s1. The van der Waals surface area contributed by atoms with Crippen molar-refractivity contribution < 1.29 is 4.39 Å². The predicted octanol–water partition coefficient (Wildman–Crippen LogP) is 4.29. The molecule has 0 spiro atoms. The molecule has 1 atom stereocenters. The van der Waals surface area contributed by atoms with Gasteiger partial charge in [0.25, 0.3) is 5.56 Å². The van der Waals surface area contributed by atoms with E-state index in [1.54, 1.807) is 12.1 Å². The number of aromatic nitrogens is 3. The number of rotatable bonds is 5. The number of H-pyrrole nitrogens is 2. The number of hydrogen-bond acceptors (Lipinski definition) is 5. The Morgan fingerprint density at radius 3 is 2.56 bits per heavy atom. The number of benzene rings is 2. The number of imidazole rings is 1. The summed E-state index contributed by atoms with van der Waals surface area (Å²) in [6.07, 6.45) is 4.38. The lowest BCUT2D eigenvalue weighted by Crippen LogP contribution is -2.53. The Bertz CT molecular complexity index is 1430. The molecule has 34 heavy (non-hydrogen) atoms. The smallest absolute Gasteiger partial charge is 0.261 e. The maximum Gasteiger partial charge on any atom is 0.261 e. The number of pyridine rings is 1. The molecule has 4 aromatic rings. The Balaban J connectivity index is 1.41. The summed E-state index contributed by atoms with van der Waals surface area (Å²) in [5.41, 5.74) is 3.58. The van der Waals surface area contributed by atoms with Gasteiger partial charge in [0.1, 0.15) is 17.2 Å². The highest BCUT2D eigenvalue weighted by atomic mass is 19.1. The van der Waals surface area contributed by atoms with Crippen LogP contribution in [0.3, 0.4) is 0 Å². The van der Waals surface area contributed by atoms with Gasteiger partial charge in [0.15, 0.2) is 0 Å². The van der Waals surface area contributed by atoms with E-state index in [2.05, 4.69) is 25.5 Å². The van der Waals surface area contributed by atoms with E-state index >= 15 is 4.39 Å². The number of nitrogens with one attached hydrogen (secondary N) is 4. The topological polar surface area (TPSA) is 88.8 Å². The summed E-state index contributed by atoms with van der Waals surface area (Å²) in [4.78, 5) is 27.0. The van der Waals surface area contributed by atoms with Crippen molar-refractivity contribution in [2.75, 3.05) is 30.3 Å². The quantitative estimate of drug-likeness (QED) is 0.358. The van der Waals surface area contributed by atoms with Crippen LogP contribution < -0.4 is 16.2 Å². The molecule has 0 radical (unpaired) electrons. The van der Waals surface area contributed by atoms with Gasteiger partial charge in [0.05, 0.1) is 27.9 Å². The van der Waals surface area contributed by atoms with Crippen LogP contribution in [0, 0.1) is 11.7 Å². The van der Waals surface area contributed by atoms with Gasteiger partial charge in [-0.2, -0.15) is 0 Å². The van der Waals surface area contributed by atoms with Crippen LogP contribution in [0.2, 0.25) is 0 Å². The zero-order valence-corrected chi connectivity index (χ0v) is 18.8. The van der Waals surface area contributed by atoms with Gasteiger partial charge in [-0.3, -0.25) is 4.79 Å². The Labute approximate surface area is 195 Å². The fourth-order valence-corrected chi connectivity index (χ4v) is 5.64. The fourth-order valence-electron chi connectivity index (χ4n) is 5.64. The van der Waals surface area contributed by atoms with Crippen molar-refractivity contribution in [2.45, 2.75) is 37.8 Å². The van der Waals surface area contributed by atoms with Crippen molar-refractivity contribution in [1.29, 1.82) is 0 Å². The number of aromatic amines is 2. The van der Waals surface area contributed by atoms with Crippen LogP contribution in [0.4, 0.5) is 15.8 Å². The SMILES string of the molecule is O=c1[nH]c2cc(NC3CC3)c(F)cc2c(N[C@@H]2CN3CCC2CC3)c1-c1nc2ccccc2[nH]1. The highest BCUT2D eigenvalue weighted by Gasteiger charge is 2.35. The molecule has 174 valence electrons. The summed E-state index contributed by atoms with van der Waals surface area (Å²) in [5.74, 6) is 0.733. The molecule has 3 saturated heterocycles. The number of fused-ring (bicyclic) bond motifs is 5. The van der Waals surface area contributed by atoms with Gasteiger partial charge in [0, 0.05) is 24.0 Å². The van der Waals surface area contributed by atoms with E-state index in [1.165, 1.54) is 0 Å². The third-order valence-electron chi connectivity index (χ3n) is 7.65. The first-order valence-electron chi connectivity index (χ1n) is 12.2. The number of hydrogen-bond donors (Lipinski definition) is 4. The first-order valence-corrected chi connectivity index (χ1v) is 12.2. The molecule has 1 aliphatic carbocycles. The molecule has 5 heterocycles. The molecule has 0 amide bonds. The molecule has 4 N–H and O–H groups in total. The monoisotopic (exact) mass is 458 g/mol. The normalized spacial score (nSPS) is 24.1. The minimum atomic E-state index is -0.307. The van der Waals surface area contributed by atoms with Crippen LogP contribution in [0.15, 0.2) is 41.2 Å². The Kier molecular flexibility index (Phi) is 4.45. The second-order valence-corrected chi connectivity index (χ2v) is 9.99. The summed E-state index contributed by atoms with van der Waals surface area (Å²) in [6, 6.07) is 11.5. The lowest BCUT2D eigenvalue weighted by Gasteiger charge is -2.45. The average molecular weight is 459 g/mol. The van der Waals surface area contributed by atoms with Crippen molar-refractivity contribution in [3.05, 3.63) is 52.6 Å². The second kappa shape index (κ2) is 7.56. The van der Waals surface area contributed by atoms with Crippen LogP contribution in [-0.4, -0.2) is 51.6 Å². The number of nitrogens with zero attached hydrogens (tertiary/aromatic N) is 2. The molecular formula is C26H27FN6O. The highest BCUT2D eigenvalue weighted by Crippen LogP contribution is 2.37. The first kappa shape index (κ1) is 20.0. The molecule has 7 nitrogen and oxygen atoms in total. The molecule has 2 aromatic heterocycles. The summed E-state index contributed by atoms with van der Waals surface area (Å²) in [7, 11) is 0. The molecule has 3 aliphatic heterocycles. The Morgan fingerprint density at radius 2 is 1.82 bits per heavy atom. The van der Waals surface area contributed by atoms with E-state index in [1.807, 2.05) is 24.3 Å². The molecule has 8 rings (SSSR count). The number of anilines is 2. The van der Waals surface area contributed by atoms with Gasteiger partial charge in [-0.05, 0) is 69.0 Å². The first-order chi connectivity index (χ1) is 16.6. The zero-order valence-electron chi connectivity index (χ0n) is 18.8. The van der Waals surface area contributed by atoms with Crippen LogP contribution in [0.1, 0.15) is 25.7 Å². The summed E-state index contributed by atoms with van der Waals surface area (Å²) in [5, 5.41) is 7.61. The second-order valence-electron chi connectivity index (χ2n) is 9.99. The Hall–Kier alpha value is -3.39. The van der Waals surface area contributed by atoms with E-state index < -0.39 is 0 Å². The van der Waals surface area contributed by atoms with Gasteiger partial charge < -0.3 is 25.5 Å². The summed E-state index contributed by atoms with van der Waals surface area (Å²) < 4.78 is 15.2. The van der Waals surface area contributed by atoms with Crippen molar-refractivity contribution in [1.82, 2.24) is 19.9 Å². The molecular weight excluding hydrogens is 431 g/mol. The largest absolute Gasteiger partial charge is 0.380 e. The van der Waals surface area contributed by atoms with Gasteiger partial charge >= 0.3 is 0 Å². The van der Waals surface area contributed by atoms with E-state index in [9.17, 15) is 4.79 Å². The maximum absolute atomic E-state index is 15.2. The third-order valence-corrected chi connectivity index (χ3v) is 7.65. The van der Waals surface area contributed by atoms with Gasteiger partial charge in [0.2, 0.25) is 0 Å². The Morgan fingerprint density at radius 1 is 1.00 bits per heavy atom. The number of halogens is 1. The van der Waals surface area contributed by atoms with Crippen LogP contribution >= 0.6 is 0 Å². The predicted molar refractivity (Wildman–Crippen MR) is 133 cm³/mol. The molecule has 4 aliphatic rings. The molecule has 2 bridgehead atoms. The van der Waals surface area contributed by atoms with Gasteiger partial charge in [-0.25, -0.2) is 9.37 Å². The van der Waals surface area contributed by atoms with Crippen molar-refractivity contribution in [3.8, 4) is 11.4 Å². The van der Waals surface area contributed by atoms with Crippen LogP contribution in [-0.2, 0) is 0 Å². The van der Waals surface area contributed by atoms with Crippen LogP contribution in [0.5, 0.6) is 0 Å². The summed E-state index contributed by atoms with van der Waals surface area (Å²) in [6.45, 7) is 3.18. The third kappa shape index (κ3) is 3.36. The summed E-state index contributed by atoms with van der Waals surface area (Å²) >= 11 is 0. The van der Waals surface area contributed by atoms with Gasteiger partial charge in [-0.1, -0.05) is 12.1 Å². The lowest BCUT2D eigenvalue weighted by atomic mass is 9.83. The molecule has 0 unspecified atom stereocenters. The van der Waals surface area contributed by atoms with Crippen molar-refractivity contribution >= 4 is 33.3 Å². The maximum atomic E-state index is 15.2. The van der Waals surface area contributed by atoms with Gasteiger partial charge in [-0.15, -0.1) is 0 Å². The fraction of sp³-hybridized carbons (Fsp3) is 0.385. The number of para-hydroxylation sites is 2. The van der Waals surface area contributed by atoms with Crippen molar-refractivity contribution in [2.24, 2.45) is 5.92 Å². The van der Waals surface area contributed by atoms with E-state index in [0.717, 1.165) is 56.4 Å². The molecule has 2 aromatic carbocycles. The minimum Gasteiger partial charge on any atom is -0.380 e. The lowest BCUT2D eigenvalue weighted by molar-refractivity contribution is 0.0976. The van der Waals surface area contributed by atoms with E-state index in [0.29, 0.717) is 45.6 Å².